The number of hydrogen-bond donors (Lipinski definition) is 0. The Balaban J connectivity index is 1.90. The average Bonchev–Trinajstić information content (AvgIpc) is 2.63. The molecule has 1 aromatic heterocycles. The van der Waals surface area contributed by atoms with Gasteiger partial charge in [-0.15, -0.1) is 11.8 Å². The second-order valence-corrected chi connectivity index (χ2v) is 6.40. The molecule has 0 aliphatic carbocycles. The molecule has 6 nitrogen and oxygen atoms in total. The van der Waals surface area contributed by atoms with Crippen molar-refractivity contribution in [2.45, 2.75) is 5.03 Å². The molecule has 0 spiro atoms. The zero-order chi connectivity index (χ0) is 17.3. The van der Waals surface area contributed by atoms with E-state index in [0.29, 0.717) is 22.1 Å². The fraction of sp³-hybridized carbons (Fsp3) is 0.294. The molecule has 2 heterocycles. The summed E-state index contributed by atoms with van der Waals surface area (Å²) in [4.78, 5) is 24.6. The zero-order valence-corrected chi connectivity index (χ0v) is 14.6. The molecular weight excluding hydrogens is 328 g/mol. The van der Waals surface area contributed by atoms with Crippen LogP contribution in [0.15, 0.2) is 45.0 Å². The van der Waals surface area contributed by atoms with Gasteiger partial charge >= 0.3 is 5.69 Å². The number of hydrogen-bond acceptors (Lipinski definition) is 5. The highest BCUT2D eigenvalue weighted by Crippen LogP contribution is 2.30. The second-order valence-electron chi connectivity index (χ2n) is 5.39. The van der Waals surface area contributed by atoms with Gasteiger partial charge in [0.05, 0.1) is 17.7 Å². The number of fused-ring (bicyclic) bond motifs is 1. The molecule has 126 valence electrons. The van der Waals surface area contributed by atoms with E-state index in [9.17, 15) is 9.59 Å². The van der Waals surface area contributed by atoms with Crippen LogP contribution in [-0.4, -0.2) is 28.6 Å². The Kier molecular flexibility index (Phi) is 4.53. The molecule has 0 bridgehead atoms. The number of rotatable bonds is 4. The molecule has 1 aliphatic rings. The van der Waals surface area contributed by atoms with Gasteiger partial charge in [0, 0.05) is 25.4 Å². The summed E-state index contributed by atoms with van der Waals surface area (Å²) in [5.74, 6) is 2.15. The molecule has 2 aromatic rings. The third kappa shape index (κ3) is 2.87. The number of ether oxygens (including phenoxy) is 2. The lowest BCUT2D eigenvalue weighted by molar-refractivity contribution is 0.366. The van der Waals surface area contributed by atoms with Gasteiger partial charge in [0.2, 0.25) is 0 Å². The molecule has 0 amide bonds. The maximum atomic E-state index is 12.5. The Labute approximate surface area is 143 Å². The molecule has 1 aliphatic heterocycles. The first-order chi connectivity index (χ1) is 11.5. The molecule has 0 N–H and O–H groups in total. The molecule has 0 saturated carbocycles. The van der Waals surface area contributed by atoms with E-state index in [1.807, 2.05) is 30.3 Å². The number of methoxy groups -OCH3 is 1. The lowest BCUT2D eigenvalue weighted by Gasteiger charge is -2.20. The van der Waals surface area contributed by atoms with Crippen molar-refractivity contribution in [1.29, 1.82) is 0 Å². The highest BCUT2D eigenvalue weighted by atomic mass is 32.2. The van der Waals surface area contributed by atoms with Gasteiger partial charge < -0.3 is 9.47 Å². The summed E-state index contributed by atoms with van der Waals surface area (Å²) < 4.78 is 13.6. The standard InChI is InChI=1S/C17H18N2O4S/c1-18-15(20)14-11(8-9-24-16(14)19(2)17(18)21)10-23-13-6-4-12(22-3)5-7-13/h4-8H,9-10H2,1-3H3. The van der Waals surface area contributed by atoms with E-state index in [4.69, 9.17) is 9.47 Å². The molecule has 3 rings (SSSR count). The fourth-order valence-electron chi connectivity index (χ4n) is 2.56. The second kappa shape index (κ2) is 6.60. The average molecular weight is 346 g/mol. The lowest BCUT2D eigenvalue weighted by atomic mass is 10.1. The minimum absolute atomic E-state index is 0.271. The monoisotopic (exact) mass is 346 g/mol. The van der Waals surface area contributed by atoms with Crippen molar-refractivity contribution in [1.82, 2.24) is 9.13 Å². The summed E-state index contributed by atoms with van der Waals surface area (Å²) in [5.41, 5.74) is 0.744. The maximum absolute atomic E-state index is 12.5. The number of nitrogens with zero attached hydrogens (tertiary/aromatic N) is 2. The van der Waals surface area contributed by atoms with Gasteiger partial charge in [0.25, 0.3) is 5.56 Å². The maximum Gasteiger partial charge on any atom is 0.331 e. The Morgan fingerprint density at radius 3 is 2.42 bits per heavy atom. The molecule has 7 heteroatoms. The van der Waals surface area contributed by atoms with Crippen LogP contribution in [0.2, 0.25) is 0 Å². The SMILES string of the molecule is COc1ccc(OCC2=CCSc3c2c(=O)n(C)c(=O)n3C)cc1. The first-order valence-electron chi connectivity index (χ1n) is 7.42. The molecular formula is C17H18N2O4S. The van der Waals surface area contributed by atoms with Crippen LogP contribution in [0.3, 0.4) is 0 Å². The Morgan fingerprint density at radius 2 is 1.75 bits per heavy atom. The predicted molar refractivity (Wildman–Crippen MR) is 94.1 cm³/mol. The van der Waals surface area contributed by atoms with Crippen LogP contribution < -0.4 is 20.7 Å². The summed E-state index contributed by atoms with van der Waals surface area (Å²) in [7, 11) is 4.78. The van der Waals surface area contributed by atoms with Gasteiger partial charge in [-0.1, -0.05) is 6.08 Å². The minimum Gasteiger partial charge on any atom is -0.497 e. The van der Waals surface area contributed by atoms with Crippen molar-refractivity contribution in [2.75, 3.05) is 19.5 Å². The predicted octanol–water partition coefficient (Wildman–Crippen LogP) is 1.66. The minimum atomic E-state index is -0.316. The van der Waals surface area contributed by atoms with E-state index in [-0.39, 0.29) is 17.9 Å². The number of aromatic nitrogens is 2. The quantitative estimate of drug-likeness (QED) is 0.788. The smallest absolute Gasteiger partial charge is 0.331 e. The van der Waals surface area contributed by atoms with Gasteiger partial charge in [-0.2, -0.15) is 0 Å². The van der Waals surface area contributed by atoms with Crippen molar-refractivity contribution in [2.24, 2.45) is 14.1 Å². The van der Waals surface area contributed by atoms with E-state index in [1.165, 1.54) is 23.4 Å². The van der Waals surface area contributed by atoms with Gasteiger partial charge in [-0.05, 0) is 24.3 Å². The summed E-state index contributed by atoms with van der Waals surface area (Å²) in [6.07, 6.45) is 1.97. The van der Waals surface area contributed by atoms with E-state index >= 15 is 0 Å². The largest absolute Gasteiger partial charge is 0.497 e. The normalized spacial score (nSPS) is 13.2. The van der Waals surface area contributed by atoms with Crippen LogP contribution in [0.5, 0.6) is 11.5 Å². The molecule has 1 aromatic carbocycles. The van der Waals surface area contributed by atoms with Gasteiger partial charge in [-0.25, -0.2) is 4.79 Å². The Bertz CT molecular complexity index is 910. The van der Waals surface area contributed by atoms with E-state index in [0.717, 1.165) is 15.9 Å². The third-order valence-corrected chi connectivity index (χ3v) is 5.02. The third-order valence-electron chi connectivity index (χ3n) is 3.94. The molecule has 0 unspecified atom stereocenters. The van der Waals surface area contributed by atoms with Gasteiger partial charge in [-0.3, -0.25) is 13.9 Å². The lowest BCUT2D eigenvalue weighted by Crippen LogP contribution is -2.40. The highest BCUT2D eigenvalue weighted by molar-refractivity contribution is 7.99. The van der Waals surface area contributed by atoms with E-state index in [2.05, 4.69) is 0 Å². The van der Waals surface area contributed by atoms with Crippen molar-refractivity contribution < 1.29 is 9.47 Å². The summed E-state index contributed by atoms with van der Waals surface area (Å²) in [5, 5.41) is 0.693. The number of thioether (sulfide) groups is 1. The van der Waals surface area contributed by atoms with Gasteiger partial charge in [0.15, 0.2) is 0 Å². The number of benzene rings is 1. The molecule has 0 saturated heterocycles. The summed E-state index contributed by atoms with van der Waals surface area (Å²) >= 11 is 1.48. The highest BCUT2D eigenvalue weighted by Gasteiger charge is 2.22. The molecule has 0 atom stereocenters. The molecule has 24 heavy (non-hydrogen) atoms. The van der Waals surface area contributed by atoms with Crippen LogP contribution in [0, 0.1) is 0 Å². The van der Waals surface area contributed by atoms with Crippen molar-refractivity contribution >= 4 is 17.3 Å². The zero-order valence-electron chi connectivity index (χ0n) is 13.7. The Morgan fingerprint density at radius 1 is 1.08 bits per heavy atom. The Hall–Kier alpha value is -2.41. The van der Waals surface area contributed by atoms with Crippen molar-refractivity contribution in [3.05, 3.63) is 56.7 Å². The van der Waals surface area contributed by atoms with Crippen LogP contribution in [0.25, 0.3) is 5.57 Å². The van der Waals surface area contributed by atoms with E-state index in [1.54, 1.807) is 14.2 Å². The van der Waals surface area contributed by atoms with Crippen LogP contribution in [0.1, 0.15) is 5.56 Å². The van der Waals surface area contributed by atoms with Crippen LogP contribution in [-0.2, 0) is 14.1 Å². The van der Waals surface area contributed by atoms with Crippen LogP contribution >= 0.6 is 11.8 Å². The van der Waals surface area contributed by atoms with Gasteiger partial charge in [0.1, 0.15) is 18.1 Å². The first kappa shape index (κ1) is 16.4. The topological polar surface area (TPSA) is 62.5 Å². The molecule has 0 fully saturated rings. The summed E-state index contributed by atoms with van der Waals surface area (Å²) in [6, 6.07) is 7.27. The van der Waals surface area contributed by atoms with Crippen LogP contribution in [0.4, 0.5) is 0 Å². The van der Waals surface area contributed by atoms with Crippen molar-refractivity contribution in [3.63, 3.8) is 0 Å². The van der Waals surface area contributed by atoms with Crippen molar-refractivity contribution in [3.8, 4) is 11.5 Å². The van der Waals surface area contributed by atoms with E-state index < -0.39 is 0 Å². The molecule has 0 radical (unpaired) electrons. The fourth-order valence-corrected chi connectivity index (χ4v) is 3.63. The summed E-state index contributed by atoms with van der Waals surface area (Å²) in [6.45, 7) is 0.271. The first-order valence-corrected chi connectivity index (χ1v) is 8.40.